The summed E-state index contributed by atoms with van der Waals surface area (Å²) in [7, 11) is 0. The summed E-state index contributed by atoms with van der Waals surface area (Å²) in [6.07, 6.45) is 11.0. The summed E-state index contributed by atoms with van der Waals surface area (Å²) in [6, 6.07) is 0.861. The Morgan fingerprint density at radius 1 is 0.667 bits per heavy atom. The molecule has 1 nitrogen and oxygen atoms in total. The third-order valence-electron chi connectivity index (χ3n) is 4.51. The molecule has 0 saturated carbocycles. The lowest BCUT2D eigenvalue weighted by molar-refractivity contribution is -0.950. The first-order chi connectivity index (χ1) is 8.66. The van der Waals surface area contributed by atoms with Gasteiger partial charge in [0.05, 0.1) is 25.7 Å². The van der Waals surface area contributed by atoms with Crippen molar-refractivity contribution in [3.63, 3.8) is 0 Å². The number of hydrogen-bond donors (Lipinski definition) is 0. The van der Waals surface area contributed by atoms with Gasteiger partial charge in [0.1, 0.15) is 0 Å². The maximum atomic E-state index is 2.50. The summed E-state index contributed by atoms with van der Waals surface area (Å²) in [4.78, 5) is 0. The second kappa shape index (κ2) is 10.8. The number of hydrogen-bond acceptors (Lipinski definition) is 0. The van der Waals surface area contributed by atoms with E-state index in [4.69, 9.17) is 0 Å². The largest absolute Gasteiger partial charge is 0.321 e. The van der Waals surface area contributed by atoms with Gasteiger partial charge < -0.3 is 4.48 Å². The second-order valence-electron chi connectivity index (χ2n) is 6.09. The lowest BCUT2D eigenvalue weighted by Crippen LogP contribution is -2.56. The Balaban J connectivity index is 4.72. The highest BCUT2D eigenvalue weighted by molar-refractivity contribution is 4.57. The Kier molecular flexibility index (Phi) is 10.8. The highest BCUT2D eigenvalue weighted by Gasteiger charge is 2.31. The average Bonchev–Trinajstić information content (AvgIpc) is 2.38. The van der Waals surface area contributed by atoms with Crippen LogP contribution in [0.25, 0.3) is 0 Å². The summed E-state index contributed by atoms with van der Waals surface area (Å²) < 4.78 is 1.41. The molecule has 0 radical (unpaired) electrons. The van der Waals surface area contributed by atoms with E-state index < -0.39 is 0 Å². The molecule has 1 unspecified atom stereocenters. The van der Waals surface area contributed by atoms with E-state index in [2.05, 4.69) is 34.6 Å². The van der Waals surface area contributed by atoms with Crippen LogP contribution in [0.5, 0.6) is 0 Å². The molecule has 0 aliphatic carbocycles. The number of unbranched alkanes of at least 4 members (excludes halogenated alkanes) is 3. The molecular formula is C17H38N+. The number of rotatable bonds is 12. The van der Waals surface area contributed by atoms with E-state index in [-0.39, 0.29) is 0 Å². The van der Waals surface area contributed by atoms with E-state index in [0.29, 0.717) is 0 Å². The van der Waals surface area contributed by atoms with Crippen LogP contribution in [-0.2, 0) is 0 Å². The normalized spacial score (nSPS) is 13.8. The topological polar surface area (TPSA) is 0 Å². The Labute approximate surface area is 117 Å². The van der Waals surface area contributed by atoms with Gasteiger partial charge in [0.2, 0.25) is 0 Å². The molecule has 0 heterocycles. The molecule has 0 aliphatic rings. The van der Waals surface area contributed by atoms with Crippen LogP contribution < -0.4 is 0 Å². The molecule has 0 aliphatic heterocycles. The van der Waals surface area contributed by atoms with Crippen molar-refractivity contribution < 1.29 is 4.48 Å². The van der Waals surface area contributed by atoms with Crippen LogP contribution in [0.2, 0.25) is 0 Å². The van der Waals surface area contributed by atoms with Gasteiger partial charge >= 0.3 is 0 Å². The van der Waals surface area contributed by atoms with Crippen molar-refractivity contribution >= 4 is 0 Å². The molecule has 0 spiro atoms. The van der Waals surface area contributed by atoms with Crippen LogP contribution in [0, 0.1) is 0 Å². The van der Waals surface area contributed by atoms with Gasteiger partial charge in [-0.1, -0.05) is 53.4 Å². The summed E-state index contributed by atoms with van der Waals surface area (Å²) in [5, 5.41) is 0. The van der Waals surface area contributed by atoms with Crippen molar-refractivity contribution in [3.05, 3.63) is 0 Å². The van der Waals surface area contributed by atoms with Crippen molar-refractivity contribution in [2.24, 2.45) is 0 Å². The van der Waals surface area contributed by atoms with Crippen molar-refractivity contribution in [1.82, 2.24) is 0 Å². The van der Waals surface area contributed by atoms with Crippen molar-refractivity contribution in [2.75, 3.05) is 19.6 Å². The van der Waals surface area contributed by atoms with Gasteiger partial charge in [0.15, 0.2) is 0 Å². The molecule has 0 fully saturated rings. The zero-order chi connectivity index (χ0) is 13.9. The molecule has 0 aromatic rings. The minimum absolute atomic E-state index is 0.861. The quantitative estimate of drug-likeness (QED) is 0.411. The third-order valence-corrected chi connectivity index (χ3v) is 4.51. The Bertz CT molecular complexity index is 155. The summed E-state index contributed by atoms with van der Waals surface area (Å²) >= 11 is 0. The van der Waals surface area contributed by atoms with Gasteiger partial charge in [-0.25, -0.2) is 0 Å². The second-order valence-corrected chi connectivity index (χ2v) is 6.09. The smallest absolute Gasteiger partial charge is 0.0861 e. The Morgan fingerprint density at radius 2 is 1.06 bits per heavy atom. The fraction of sp³-hybridized carbons (Fsp3) is 1.00. The highest BCUT2D eigenvalue weighted by atomic mass is 15.4. The molecule has 0 N–H and O–H groups in total. The van der Waals surface area contributed by atoms with Gasteiger partial charge in [-0.2, -0.15) is 0 Å². The van der Waals surface area contributed by atoms with Gasteiger partial charge in [-0.15, -0.1) is 0 Å². The minimum atomic E-state index is 0.861. The standard InChI is InChI=1S/C17H38N/c1-6-10-14-18(15-11-7-2,16-12-8-3)17(5)13-9-4/h17H,6-16H2,1-5H3/q+1. The maximum Gasteiger partial charge on any atom is 0.0861 e. The molecule has 1 heteroatoms. The SMILES string of the molecule is CCCC[N+](CCCC)(CCCC)C(C)CCC. The predicted molar refractivity (Wildman–Crippen MR) is 84.0 cm³/mol. The minimum Gasteiger partial charge on any atom is -0.321 e. The van der Waals surface area contributed by atoms with Gasteiger partial charge in [0.25, 0.3) is 0 Å². The number of quaternary nitrogens is 1. The fourth-order valence-electron chi connectivity index (χ4n) is 3.11. The number of nitrogens with zero attached hydrogens (tertiary/aromatic N) is 1. The molecule has 0 aromatic carbocycles. The van der Waals surface area contributed by atoms with E-state index in [1.165, 1.54) is 75.5 Å². The molecule has 0 amide bonds. The first-order valence-electron chi connectivity index (χ1n) is 8.52. The zero-order valence-electron chi connectivity index (χ0n) is 13.8. The molecule has 110 valence electrons. The Morgan fingerprint density at radius 3 is 1.33 bits per heavy atom. The molecule has 0 saturated heterocycles. The van der Waals surface area contributed by atoms with Crippen LogP contribution >= 0.6 is 0 Å². The van der Waals surface area contributed by atoms with Crippen LogP contribution in [-0.4, -0.2) is 30.2 Å². The fourth-order valence-corrected chi connectivity index (χ4v) is 3.11. The van der Waals surface area contributed by atoms with E-state index in [9.17, 15) is 0 Å². The average molecular weight is 256 g/mol. The van der Waals surface area contributed by atoms with E-state index in [0.717, 1.165) is 6.04 Å². The summed E-state index contributed by atoms with van der Waals surface area (Å²) in [6.45, 7) is 16.1. The Hall–Kier alpha value is -0.0400. The van der Waals surface area contributed by atoms with Crippen molar-refractivity contribution in [1.29, 1.82) is 0 Å². The predicted octanol–water partition coefficient (Wildman–Crippen LogP) is 5.39. The summed E-state index contributed by atoms with van der Waals surface area (Å²) in [5.41, 5.74) is 0. The third kappa shape index (κ3) is 6.22. The van der Waals surface area contributed by atoms with Crippen LogP contribution in [0.4, 0.5) is 0 Å². The molecule has 0 bridgehead atoms. The lowest BCUT2D eigenvalue weighted by atomic mass is 10.0. The monoisotopic (exact) mass is 256 g/mol. The van der Waals surface area contributed by atoms with Crippen LogP contribution in [0.15, 0.2) is 0 Å². The first kappa shape index (κ1) is 18.0. The van der Waals surface area contributed by atoms with E-state index >= 15 is 0 Å². The highest BCUT2D eigenvalue weighted by Crippen LogP contribution is 2.22. The van der Waals surface area contributed by atoms with Crippen molar-refractivity contribution in [2.45, 2.75) is 92.0 Å². The van der Waals surface area contributed by atoms with Crippen LogP contribution in [0.1, 0.15) is 86.0 Å². The van der Waals surface area contributed by atoms with Gasteiger partial charge in [-0.05, 0) is 32.6 Å². The van der Waals surface area contributed by atoms with E-state index in [1.54, 1.807) is 0 Å². The van der Waals surface area contributed by atoms with Crippen molar-refractivity contribution in [3.8, 4) is 0 Å². The molecule has 18 heavy (non-hydrogen) atoms. The first-order valence-corrected chi connectivity index (χ1v) is 8.52. The lowest BCUT2D eigenvalue weighted by Gasteiger charge is -2.44. The molecule has 0 aromatic heterocycles. The van der Waals surface area contributed by atoms with Gasteiger partial charge in [-0.3, -0.25) is 0 Å². The maximum absolute atomic E-state index is 2.50. The summed E-state index contributed by atoms with van der Waals surface area (Å²) in [5.74, 6) is 0. The molecular weight excluding hydrogens is 218 g/mol. The zero-order valence-corrected chi connectivity index (χ0v) is 13.8. The van der Waals surface area contributed by atoms with Gasteiger partial charge in [0, 0.05) is 0 Å². The molecule has 0 rings (SSSR count). The molecule has 1 atom stereocenters. The van der Waals surface area contributed by atoms with Crippen LogP contribution in [0.3, 0.4) is 0 Å². The van der Waals surface area contributed by atoms with E-state index in [1.807, 2.05) is 0 Å².